The average molecular weight is 275 g/mol. The Hall–Kier alpha value is -2.43. The minimum atomic E-state index is -1.26. The molecule has 5 nitrogen and oxygen atoms in total. The molecule has 0 aromatic carbocycles. The van der Waals surface area contributed by atoms with E-state index in [0.29, 0.717) is 12.0 Å². The maximum atomic E-state index is 11.9. The summed E-state index contributed by atoms with van der Waals surface area (Å²) in [5, 5.41) is 9.15. The Morgan fingerprint density at radius 2 is 2.20 bits per heavy atom. The molecule has 20 heavy (non-hydrogen) atoms. The zero-order valence-electron chi connectivity index (χ0n) is 11.1. The van der Waals surface area contributed by atoms with Crippen LogP contribution in [-0.2, 0) is 20.7 Å². The largest absolute Gasteiger partial charge is 0.481 e. The van der Waals surface area contributed by atoms with E-state index in [-0.39, 0.29) is 6.42 Å². The quantitative estimate of drug-likeness (QED) is 0.446. The maximum absolute atomic E-state index is 11.9. The van der Waals surface area contributed by atoms with E-state index in [1.807, 2.05) is 0 Å². The summed E-state index contributed by atoms with van der Waals surface area (Å²) in [7, 11) is 0. The summed E-state index contributed by atoms with van der Waals surface area (Å²) in [4.78, 5) is 27.0. The molecule has 0 saturated carbocycles. The Kier molecular flexibility index (Phi) is 6.16. The molecule has 2 atom stereocenters. The number of nitrogens with zero attached hydrogens (tertiary/aromatic N) is 1. The first-order chi connectivity index (χ1) is 9.58. The summed E-state index contributed by atoms with van der Waals surface area (Å²) in [6.45, 7) is 7.08. The number of hydrogen-bond acceptors (Lipinski definition) is 4. The van der Waals surface area contributed by atoms with Crippen LogP contribution in [0.5, 0.6) is 0 Å². The Morgan fingerprint density at radius 3 is 2.70 bits per heavy atom. The second-order valence-corrected chi connectivity index (χ2v) is 4.19. The summed E-state index contributed by atoms with van der Waals surface area (Å²) in [6.07, 6.45) is 6.01. The van der Waals surface area contributed by atoms with Crippen molar-refractivity contribution in [3.05, 3.63) is 55.4 Å². The van der Waals surface area contributed by atoms with Gasteiger partial charge < -0.3 is 9.84 Å². The van der Waals surface area contributed by atoms with Crippen molar-refractivity contribution >= 4 is 11.9 Å². The summed E-state index contributed by atoms with van der Waals surface area (Å²) < 4.78 is 5.11. The Labute approximate surface area is 117 Å². The number of carbonyl (C=O) groups excluding carboxylic acids is 1. The van der Waals surface area contributed by atoms with Crippen LogP contribution in [0.4, 0.5) is 0 Å². The molecule has 0 bridgehead atoms. The van der Waals surface area contributed by atoms with Gasteiger partial charge in [-0.15, -0.1) is 6.58 Å². The van der Waals surface area contributed by atoms with Crippen molar-refractivity contribution in [2.45, 2.75) is 18.9 Å². The summed E-state index contributed by atoms with van der Waals surface area (Å²) >= 11 is 0. The van der Waals surface area contributed by atoms with Crippen LogP contribution in [0.2, 0.25) is 0 Å². The van der Waals surface area contributed by atoms with E-state index in [2.05, 4.69) is 18.1 Å². The van der Waals surface area contributed by atoms with Crippen molar-refractivity contribution in [3.8, 4) is 0 Å². The van der Waals surface area contributed by atoms with Crippen molar-refractivity contribution in [2.24, 2.45) is 5.92 Å². The Morgan fingerprint density at radius 1 is 1.45 bits per heavy atom. The number of carboxylic acid groups (broad SMARTS) is 1. The van der Waals surface area contributed by atoms with E-state index in [0.717, 1.165) is 0 Å². The van der Waals surface area contributed by atoms with Gasteiger partial charge in [0.2, 0.25) is 0 Å². The Bertz CT molecular complexity index is 484. The monoisotopic (exact) mass is 275 g/mol. The predicted molar refractivity (Wildman–Crippen MR) is 74.0 cm³/mol. The van der Waals surface area contributed by atoms with Gasteiger partial charge in [-0.2, -0.15) is 0 Å². The lowest BCUT2D eigenvalue weighted by Gasteiger charge is -2.16. The molecule has 5 heteroatoms. The molecule has 106 valence electrons. The van der Waals surface area contributed by atoms with Gasteiger partial charge in [0.15, 0.2) is 5.92 Å². The number of pyridine rings is 1. The van der Waals surface area contributed by atoms with Crippen LogP contribution < -0.4 is 0 Å². The van der Waals surface area contributed by atoms with Crippen LogP contribution in [0.15, 0.2) is 49.8 Å². The van der Waals surface area contributed by atoms with Crippen molar-refractivity contribution in [1.29, 1.82) is 0 Å². The van der Waals surface area contributed by atoms with Gasteiger partial charge in [0.1, 0.15) is 6.10 Å². The molecule has 1 rings (SSSR count). The predicted octanol–water partition coefficient (Wildman–Crippen LogP) is 2.00. The highest BCUT2D eigenvalue weighted by Gasteiger charge is 2.29. The molecule has 1 heterocycles. The van der Waals surface area contributed by atoms with E-state index in [9.17, 15) is 9.59 Å². The zero-order chi connectivity index (χ0) is 15.0. The summed E-state index contributed by atoms with van der Waals surface area (Å²) in [5.41, 5.74) is 0.663. The van der Waals surface area contributed by atoms with Gasteiger partial charge in [0.25, 0.3) is 0 Å². The first-order valence-electron chi connectivity index (χ1n) is 6.14. The first-order valence-corrected chi connectivity index (χ1v) is 6.14. The van der Waals surface area contributed by atoms with Crippen molar-refractivity contribution < 1.29 is 19.4 Å². The number of aromatic nitrogens is 1. The SMILES string of the molecule is C=CCC(C=C)OC(=O)C(Cc1cccnc1)C(=O)O. The molecule has 1 aromatic rings. The second-order valence-electron chi connectivity index (χ2n) is 4.19. The highest BCUT2D eigenvalue weighted by molar-refractivity contribution is 5.94. The normalized spacial score (nSPS) is 13.0. The Balaban J connectivity index is 2.75. The summed E-state index contributed by atoms with van der Waals surface area (Å²) in [6, 6.07) is 3.40. The minimum Gasteiger partial charge on any atom is -0.481 e. The lowest BCUT2D eigenvalue weighted by molar-refractivity contribution is -0.160. The van der Waals surface area contributed by atoms with Crippen LogP contribution in [0.25, 0.3) is 0 Å². The van der Waals surface area contributed by atoms with Gasteiger partial charge in [-0.05, 0) is 18.1 Å². The summed E-state index contributed by atoms with van der Waals surface area (Å²) in [5.74, 6) is -3.26. The minimum absolute atomic E-state index is 0.0416. The fourth-order valence-electron chi connectivity index (χ4n) is 1.61. The van der Waals surface area contributed by atoms with Gasteiger partial charge >= 0.3 is 11.9 Å². The maximum Gasteiger partial charge on any atom is 0.321 e. The van der Waals surface area contributed by atoms with Crippen LogP contribution >= 0.6 is 0 Å². The fraction of sp³-hybridized carbons (Fsp3) is 0.267. The molecule has 0 aliphatic heterocycles. The topological polar surface area (TPSA) is 76.5 Å². The van der Waals surface area contributed by atoms with Crippen LogP contribution in [0, 0.1) is 5.92 Å². The van der Waals surface area contributed by atoms with Crippen molar-refractivity contribution in [2.75, 3.05) is 0 Å². The molecule has 0 saturated heterocycles. The van der Waals surface area contributed by atoms with E-state index in [1.54, 1.807) is 24.4 Å². The van der Waals surface area contributed by atoms with Gasteiger partial charge in [-0.3, -0.25) is 14.6 Å². The van der Waals surface area contributed by atoms with Gasteiger partial charge in [0, 0.05) is 18.8 Å². The van der Waals surface area contributed by atoms with Crippen LogP contribution in [-0.4, -0.2) is 28.1 Å². The molecule has 0 spiro atoms. The highest BCUT2D eigenvalue weighted by atomic mass is 16.5. The zero-order valence-corrected chi connectivity index (χ0v) is 11.1. The number of carbonyl (C=O) groups is 2. The van der Waals surface area contributed by atoms with E-state index in [4.69, 9.17) is 9.84 Å². The molecular weight excluding hydrogens is 258 g/mol. The van der Waals surface area contributed by atoms with Gasteiger partial charge in [0.05, 0.1) is 0 Å². The number of rotatable bonds is 8. The standard InChI is InChI=1S/C15H17NO4/c1-3-6-12(4-2)20-15(19)13(14(17)18)9-11-7-5-8-16-10-11/h3-5,7-8,10,12-13H,1-2,6,9H2,(H,17,18). The van der Waals surface area contributed by atoms with E-state index < -0.39 is 24.0 Å². The van der Waals surface area contributed by atoms with Crippen molar-refractivity contribution in [3.63, 3.8) is 0 Å². The van der Waals surface area contributed by atoms with Crippen LogP contribution in [0.1, 0.15) is 12.0 Å². The number of aliphatic carboxylic acids is 1. The number of ether oxygens (including phenoxy) is 1. The number of esters is 1. The van der Waals surface area contributed by atoms with Crippen molar-refractivity contribution in [1.82, 2.24) is 4.98 Å². The first kappa shape index (κ1) is 15.6. The molecule has 0 fully saturated rings. The third-order valence-electron chi connectivity index (χ3n) is 2.67. The lowest BCUT2D eigenvalue weighted by atomic mass is 10.0. The molecular formula is C15H17NO4. The average Bonchev–Trinajstić information content (AvgIpc) is 2.44. The molecule has 0 aliphatic rings. The fourth-order valence-corrected chi connectivity index (χ4v) is 1.61. The highest BCUT2D eigenvalue weighted by Crippen LogP contribution is 2.13. The number of hydrogen-bond donors (Lipinski definition) is 1. The van der Waals surface area contributed by atoms with E-state index in [1.165, 1.54) is 12.3 Å². The lowest BCUT2D eigenvalue weighted by Crippen LogP contribution is -2.30. The number of carboxylic acids is 1. The molecule has 0 amide bonds. The van der Waals surface area contributed by atoms with Gasteiger partial charge in [-0.25, -0.2) is 0 Å². The van der Waals surface area contributed by atoms with Crippen LogP contribution in [0.3, 0.4) is 0 Å². The third kappa shape index (κ3) is 4.68. The smallest absolute Gasteiger partial charge is 0.321 e. The molecule has 1 N–H and O–H groups in total. The molecule has 1 aromatic heterocycles. The third-order valence-corrected chi connectivity index (χ3v) is 2.67. The molecule has 0 aliphatic carbocycles. The van der Waals surface area contributed by atoms with E-state index >= 15 is 0 Å². The molecule has 2 unspecified atom stereocenters. The molecule has 0 radical (unpaired) electrons. The van der Waals surface area contributed by atoms with Gasteiger partial charge in [-0.1, -0.05) is 24.8 Å². The second kappa shape index (κ2) is 7.89.